The Labute approximate surface area is 227 Å². The van der Waals surface area contributed by atoms with Crippen molar-refractivity contribution in [2.45, 2.75) is 38.0 Å². The third kappa shape index (κ3) is 3.43. The minimum Gasteiger partial charge on any atom is -0.352 e. The molecule has 6 rings (SSSR count). The lowest BCUT2D eigenvalue weighted by molar-refractivity contribution is -0.137. The van der Waals surface area contributed by atoms with Crippen LogP contribution in [0, 0.1) is 5.41 Å². The molecule has 0 bridgehead atoms. The van der Waals surface area contributed by atoms with Gasteiger partial charge in [0.15, 0.2) is 17.3 Å². The normalized spacial score (nSPS) is 22.2. The van der Waals surface area contributed by atoms with E-state index in [0.29, 0.717) is 16.9 Å². The molecule has 2 heterocycles. The monoisotopic (exact) mass is 544 g/mol. The Morgan fingerprint density at radius 1 is 0.875 bits per heavy atom. The van der Waals surface area contributed by atoms with Gasteiger partial charge >= 0.3 is 6.18 Å². The van der Waals surface area contributed by atoms with Crippen LogP contribution in [0.1, 0.15) is 57.2 Å². The number of carbonyl (C=O) groups excluding carboxylic acids is 4. The molecule has 3 aliphatic rings. The summed E-state index contributed by atoms with van der Waals surface area (Å²) in [5.41, 5.74) is -0.329. The first kappa shape index (κ1) is 25.7. The Morgan fingerprint density at radius 3 is 2.05 bits per heavy atom. The van der Waals surface area contributed by atoms with Gasteiger partial charge in [-0.05, 0) is 36.8 Å². The van der Waals surface area contributed by atoms with Crippen molar-refractivity contribution in [2.75, 3.05) is 10.2 Å². The van der Waals surface area contributed by atoms with Crippen molar-refractivity contribution in [1.82, 2.24) is 0 Å². The number of hydrogen-bond acceptors (Lipinski definition) is 5. The summed E-state index contributed by atoms with van der Waals surface area (Å²) in [6.07, 6.45) is -1.17. The number of carbonyl (C=O) groups is 4. The van der Waals surface area contributed by atoms with E-state index < -0.39 is 46.7 Å². The molecule has 9 heteroatoms. The number of benzene rings is 3. The molecule has 2 aliphatic heterocycles. The van der Waals surface area contributed by atoms with Gasteiger partial charge in [0.1, 0.15) is 5.41 Å². The molecule has 0 radical (unpaired) electrons. The Kier molecular flexibility index (Phi) is 5.62. The number of fused-ring (bicyclic) bond motifs is 5. The van der Waals surface area contributed by atoms with Crippen LogP contribution in [0.5, 0.6) is 0 Å². The van der Waals surface area contributed by atoms with E-state index >= 15 is 0 Å². The third-order valence-electron chi connectivity index (χ3n) is 8.17. The van der Waals surface area contributed by atoms with Gasteiger partial charge in [-0.15, -0.1) is 0 Å². The third-order valence-corrected chi connectivity index (χ3v) is 8.17. The maximum atomic E-state index is 14.4. The van der Waals surface area contributed by atoms with Crippen LogP contribution in [0.3, 0.4) is 0 Å². The van der Waals surface area contributed by atoms with Gasteiger partial charge < -0.3 is 10.2 Å². The zero-order valence-electron chi connectivity index (χ0n) is 21.5. The Morgan fingerprint density at radius 2 is 1.50 bits per heavy atom. The summed E-state index contributed by atoms with van der Waals surface area (Å²) in [5.74, 6) is -2.67. The van der Waals surface area contributed by atoms with E-state index in [1.54, 1.807) is 59.5 Å². The molecule has 6 nitrogen and oxygen atoms in total. The van der Waals surface area contributed by atoms with E-state index in [0.717, 1.165) is 12.1 Å². The van der Waals surface area contributed by atoms with Gasteiger partial charge in [0, 0.05) is 35.2 Å². The van der Waals surface area contributed by atoms with Gasteiger partial charge in [-0.3, -0.25) is 19.2 Å². The Balaban J connectivity index is 1.63. The number of Topliss-reactive ketones (excluding diaryl/α,β-unsaturated/α-hetero) is 3. The topological polar surface area (TPSA) is 83.6 Å². The zero-order chi connectivity index (χ0) is 28.6. The standard InChI is InChI=1S/C31H23F3N2O4/c1-16(37)27-26(18-10-12-19(13-11-18)31(32,33)34)30(28(39)20-6-3-4-7-21(20)29(30)40)25-15-14-22-23(35-17(2)38)8-5-9-24(22)36(25)27/h3-15,25-27H,1-2H3,(H,35,38)/t25-,26+,27+/m1/s1. The number of ketones is 3. The van der Waals surface area contributed by atoms with Crippen molar-refractivity contribution in [3.8, 4) is 0 Å². The van der Waals surface area contributed by atoms with Crippen LogP contribution in [0.4, 0.5) is 24.5 Å². The summed E-state index contributed by atoms with van der Waals surface area (Å²) < 4.78 is 40.3. The first-order chi connectivity index (χ1) is 19.0. The molecule has 3 aromatic rings. The molecule has 202 valence electrons. The second kappa shape index (κ2) is 8.74. The lowest BCUT2D eigenvalue weighted by Gasteiger charge is -2.37. The fourth-order valence-electron chi connectivity index (χ4n) is 6.70. The highest BCUT2D eigenvalue weighted by molar-refractivity contribution is 6.32. The average molecular weight is 545 g/mol. The van der Waals surface area contributed by atoms with Gasteiger partial charge in [-0.2, -0.15) is 13.2 Å². The van der Waals surface area contributed by atoms with Crippen molar-refractivity contribution in [2.24, 2.45) is 5.41 Å². The molecule has 0 aromatic heterocycles. The maximum Gasteiger partial charge on any atom is 0.416 e. The van der Waals surface area contributed by atoms with E-state index in [2.05, 4.69) is 5.32 Å². The fourth-order valence-corrected chi connectivity index (χ4v) is 6.70. The molecule has 40 heavy (non-hydrogen) atoms. The zero-order valence-corrected chi connectivity index (χ0v) is 21.5. The molecule has 3 aromatic carbocycles. The summed E-state index contributed by atoms with van der Waals surface area (Å²) in [7, 11) is 0. The van der Waals surface area contributed by atoms with E-state index in [4.69, 9.17) is 0 Å². The largest absolute Gasteiger partial charge is 0.416 e. The van der Waals surface area contributed by atoms with Crippen molar-refractivity contribution in [3.63, 3.8) is 0 Å². The molecule has 1 saturated heterocycles. The molecule has 3 atom stereocenters. The predicted molar refractivity (Wildman–Crippen MR) is 142 cm³/mol. The maximum absolute atomic E-state index is 14.4. The van der Waals surface area contributed by atoms with E-state index in [1.165, 1.54) is 26.0 Å². The summed E-state index contributed by atoms with van der Waals surface area (Å²) in [6, 6.07) is 13.9. The minimum absolute atomic E-state index is 0.222. The lowest BCUT2D eigenvalue weighted by Crippen LogP contribution is -2.48. The van der Waals surface area contributed by atoms with E-state index in [1.807, 2.05) is 0 Å². The molecule has 1 spiro atoms. The van der Waals surface area contributed by atoms with E-state index in [-0.39, 0.29) is 28.4 Å². The van der Waals surface area contributed by atoms with Crippen molar-refractivity contribution < 1.29 is 32.3 Å². The first-order valence-corrected chi connectivity index (χ1v) is 12.7. The van der Waals surface area contributed by atoms with Gasteiger partial charge in [0.2, 0.25) is 5.91 Å². The van der Waals surface area contributed by atoms with Gasteiger partial charge in [0.25, 0.3) is 0 Å². The SMILES string of the molecule is CC(=O)Nc1cccc2c1C=C[C@H]1N2[C@@H](C(C)=O)[C@H](c2ccc(C(F)(F)F)cc2)C12C(=O)c1ccccc1C2=O. The quantitative estimate of drug-likeness (QED) is 0.429. The predicted octanol–water partition coefficient (Wildman–Crippen LogP) is 5.69. The summed E-state index contributed by atoms with van der Waals surface area (Å²) in [4.78, 5) is 55.8. The summed E-state index contributed by atoms with van der Waals surface area (Å²) in [6.45, 7) is 2.72. The highest BCUT2D eigenvalue weighted by Gasteiger charge is 2.71. The average Bonchev–Trinajstić information content (AvgIpc) is 3.35. The van der Waals surface area contributed by atoms with Gasteiger partial charge in [-0.1, -0.05) is 54.6 Å². The van der Waals surface area contributed by atoms with Crippen LogP contribution < -0.4 is 10.2 Å². The smallest absolute Gasteiger partial charge is 0.352 e. The minimum atomic E-state index is -4.58. The molecule has 1 N–H and O–H groups in total. The second-order valence-electron chi connectivity index (χ2n) is 10.4. The lowest BCUT2D eigenvalue weighted by atomic mass is 9.64. The van der Waals surface area contributed by atoms with Crippen LogP contribution in [0.2, 0.25) is 0 Å². The van der Waals surface area contributed by atoms with Crippen LogP contribution in [-0.2, 0) is 15.8 Å². The number of alkyl halides is 3. The first-order valence-electron chi connectivity index (χ1n) is 12.7. The number of nitrogens with zero attached hydrogens (tertiary/aromatic N) is 1. The van der Waals surface area contributed by atoms with Crippen LogP contribution in [0.15, 0.2) is 72.8 Å². The van der Waals surface area contributed by atoms with Crippen molar-refractivity contribution in [3.05, 3.63) is 101 Å². The number of amides is 1. The molecule has 1 fully saturated rings. The number of hydrogen-bond donors (Lipinski definition) is 1. The fraction of sp³-hybridized carbons (Fsp3) is 0.226. The number of rotatable bonds is 3. The molecule has 0 unspecified atom stereocenters. The molecule has 1 aliphatic carbocycles. The van der Waals surface area contributed by atoms with Crippen molar-refractivity contribution >= 4 is 40.7 Å². The highest BCUT2D eigenvalue weighted by atomic mass is 19.4. The van der Waals surface area contributed by atoms with Gasteiger partial charge in [-0.25, -0.2) is 0 Å². The van der Waals surface area contributed by atoms with Crippen molar-refractivity contribution in [1.29, 1.82) is 0 Å². The Bertz CT molecular complexity index is 1610. The van der Waals surface area contributed by atoms with Gasteiger partial charge in [0.05, 0.1) is 23.3 Å². The van der Waals surface area contributed by atoms with E-state index in [9.17, 15) is 32.3 Å². The molecule has 1 amide bonds. The number of halogens is 3. The van der Waals surface area contributed by atoms with Crippen LogP contribution in [-0.4, -0.2) is 35.3 Å². The highest BCUT2D eigenvalue weighted by Crippen LogP contribution is 2.61. The molecular formula is C31H23F3N2O4. The second-order valence-corrected chi connectivity index (χ2v) is 10.4. The van der Waals surface area contributed by atoms with Crippen LogP contribution >= 0.6 is 0 Å². The summed E-state index contributed by atoms with van der Waals surface area (Å²) >= 11 is 0. The number of anilines is 2. The molecular weight excluding hydrogens is 521 g/mol. The van der Waals surface area contributed by atoms with Crippen LogP contribution in [0.25, 0.3) is 6.08 Å². The number of nitrogens with one attached hydrogen (secondary N) is 1. The Hall–Kier alpha value is -4.53. The molecule has 0 saturated carbocycles. The summed E-state index contributed by atoms with van der Waals surface area (Å²) in [5, 5.41) is 2.77.